The van der Waals surface area contributed by atoms with Crippen LogP contribution in [0.5, 0.6) is 0 Å². The fraction of sp³-hybridized carbons (Fsp3) is 0.520. The van der Waals surface area contributed by atoms with Gasteiger partial charge in [0.1, 0.15) is 16.6 Å². The SMILES string of the molecule is CCOC(=O)c1cc(S(=O)(=O)N2CCC[C@@H]2C(=O)N2CCC(Cc3ccccc3)CC2)cn1C. The van der Waals surface area contributed by atoms with E-state index in [1.165, 1.54) is 26.7 Å². The number of amides is 1. The first-order valence-corrected chi connectivity index (χ1v) is 13.4. The van der Waals surface area contributed by atoms with Gasteiger partial charge < -0.3 is 14.2 Å². The van der Waals surface area contributed by atoms with Crippen LogP contribution in [-0.4, -0.2) is 66.3 Å². The molecule has 1 atom stereocenters. The number of benzene rings is 1. The highest BCUT2D eigenvalue weighted by Crippen LogP contribution is 2.30. The molecule has 1 aromatic heterocycles. The zero-order valence-electron chi connectivity index (χ0n) is 19.9. The Hall–Kier alpha value is -2.65. The Morgan fingerprint density at radius 1 is 1.06 bits per heavy atom. The van der Waals surface area contributed by atoms with Gasteiger partial charge in [-0.05, 0) is 56.6 Å². The van der Waals surface area contributed by atoms with Crippen LogP contribution in [0.4, 0.5) is 0 Å². The third-order valence-corrected chi connectivity index (χ3v) is 8.73. The Balaban J connectivity index is 1.42. The minimum atomic E-state index is -3.92. The maximum absolute atomic E-state index is 13.4. The number of esters is 1. The monoisotopic (exact) mass is 487 g/mol. The first-order valence-electron chi connectivity index (χ1n) is 12.0. The molecule has 0 saturated carbocycles. The standard InChI is InChI=1S/C25H33N3O5S/c1-3-33-25(30)23-17-21(18-26(23)2)34(31,32)28-13-7-10-22(28)24(29)27-14-11-20(12-15-27)16-19-8-5-4-6-9-19/h4-6,8-9,17-18,20,22H,3,7,10-16H2,1-2H3/t22-/m1/s1. The second-order valence-corrected chi connectivity index (χ2v) is 11.0. The van der Waals surface area contributed by atoms with Crippen molar-refractivity contribution in [2.75, 3.05) is 26.2 Å². The second-order valence-electron chi connectivity index (χ2n) is 9.12. The van der Waals surface area contributed by atoms with Gasteiger partial charge in [0.05, 0.1) is 6.61 Å². The van der Waals surface area contributed by atoms with Crippen LogP contribution >= 0.6 is 0 Å². The topological polar surface area (TPSA) is 88.9 Å². The lowest BCUT2D eigenvalue weighted by Crippen LogP contribution is -2.50. The van der Waals surface area contributed by atoms with Crippen molar-refractivity contribution in [3.05, 3.63) is 53.9 Å². The van der Waals surface area contributed by atoms with E-state index in [0.29, 0.717) is 38.4 Å². The molecule has 2 fully saturated rings. The quantitative estimate of drug-likeness (QED) is 0.561. The van der Waals surface area contributed by atoms with E-state index in [9.17, 15) is 18.0 Å². The molecular weight excluding hydrogens is 454 g/mol. The Bertz CT molecular complexity index is 1120. The lowest BCUT2D eigenvalue weighted by Gasteiger charge is -2.35. The fourth-order valence-electron chi connectivity index (χ4n) is 5.01. The number of carbonyl (C=O) groups excluding carboxylic acids is 2. The molecule has 8 nitrogen and oxygen atoms in total. The van der Waals surface area contributed by atoms with Gasteiger partial charge >= 0.3 is 5.97 Å². The summed E-state index contributed by atoms with van der Waals surface area (Å²) in [5, 5.41) is 0. The molecule has 9 heteroatoms. The van der Waals surface area contributed by atoms with Gasteiger partial charge in [-0.25, -0.2) is 13.2 Å². The van der Waals surface area contributed by atoms with E-state index in [1.54, 1.807) is 14.0 Å². The van der Waals surface area contributed by atoms with Gasteiger partial charge in [0, 0.05) is 32.9 Å². The first-order chi connectivity index (χ1) is 16.3. The molecule has 0 unspecified atom stereocenters. The summed E-state index contributed by atoms with van der Waals surface area (Å²) in [6.45, 7) is 3.51. The van der Waals surface area contributed by atoms with Crippen molar-refractivity contribution in [3.63, 3.8) is 0 Å². The summed E-state index contributed by atoms with van der Waals surface area (Å²) < 4.78 is 34.6. The first kappa shape index (κ1) is 24.5. The molecule has 2 aliphatic rings. The van der Waals surface area contributed by atoms with Gasteiger partial charge in [0.15, 0.2) is 0 Å². The number of hydrogen-bond acceptors (Lipinski definition) is 5. The van der Waals surface area contributed by atoms with Crippen LogP contribution < -0.4 is 0 Å². The molecule has 2 aliphatic heterocycles. The molecule has 184 valence electrons. The number of likely N-dealkylation sites (tertiary alicyclic amines) is 1. The summed E-state index contributed by atoms with van der Waals surface area (Å²) in [6, 6.07) is 11.0. The van der Waals surface area contributed by atoms with E-state index in [2.05, 4.69) is 12.1 Å². The van der Waals surface area contributed by atoms with Crippen LogP contribution in [0.25, 0.3) is 0 Å². The number of piperidine rings is 1. The highest BCUT2D eigenvalue weighted by molar-refractivity contribution is 7.89. The minimum Gasteiger partial charge on any atom is -0.461 e. The molecule has 0 N–H and O–H groups in total. The normalized spacial score (nSPS) is 19.9. The summed E-state index contributed by atoms with van der Waals surface area (Å²) in [7, 11) is -2.31. The van der Waals surface area contributed by atoms with Crippen molar-refractivity contribution < 1.29 is 22.7 Å². The summed E-state index contributed by atoms with van der Waals surface area (Å²) >= 11 is 0. The molecule has 34 heavy (non-hydrogen) atoms. The maximum atomic E-state index is 13.4. The Kier molecular flexibility index (Phi) is 7.42. The number of aryl methyl sites for hydroxylation is 1. The van der Waals surface area contributed by atoms with Gasteiger partial charge in [-0.2, -0.15) is 4.31 Å². The van der Waals surface area contributed by atoms with Gasteiger partial charge in [0.25, 0.3) is 0 Å². The number of sulfonamides is 1. The average Bonchev–Trinajstić information content (AvgIpc) is 3.48. The predicted octanol–water partition coefficient (Wildman–Crippen LogP) is 2.84. The summed E-state index contributed by atoms with van der Waals surface area (Å²) in [5.74, 6) is -0.153. The molecule has 1 aromatic carbocycles. The van der Waals surface area contributed by atoms with Crippen LogP contribution in [0.3, 0.4) is 0 Å². The molecule has 0 spiro atoms. The highest BCUT2D eigenvalue weighted by Gasteiger charge is 2.42. The van der Waals surface area contributed by atoms with Gasteiger partial charge in [-0.3, -0.25) is 4.79 Å². The van der Waals surface area contributed by atoms with Crippen LogP contribution in [0.2, 0.25) is 0 Å². The Labute approximate surface area is 201 Å². The van der Waals surface area contributed by atoms with Crippen molar-refractivity contribution in [1.82, 2.24) is 13.8 Å². The van der Waals surface area contributed by atoms with Crippen molar-refractivity contribution in [3.8, 4) is 0 Å². The average molecular weight is 488 g/mol. The number of ether oxygens (including phenoxy) is 1. The lowest BCUT2D eigenvalue weighted by atomic mass is 9.90. The lowest BCUT2D eigenvalue weighted by molar-refractivity contribution is -0.136. The Morgan fingerprint density at radius 2 is 1.76 bits per heavy atom. The number of aromatic nitrogens is 1. The van der Waals surface area contributed by atoms with Crippen molar-refractivity contribution in [2.24, 2.45) is 13.0 Å². The zero-order valence-corrected chi connectivity index (χ0v) is 20.7. The molecule has 2 saturated heterocycles. The summed E-state index contributed by atoms with van der Waals surface area (Å²) in [6.07, 6.45) is 5.40. The van der Waals surface area contributed by atoms with Crippen molar-refractivity contribution >= 4 is 21.9 Å². The minimum absolute atomic E-state index is 0.0133. The molecule has 0 radical (unpaired) electrons. The number of carbonyl (C=O) groups is 2. The van der Waals surface area contributed by atoms with Gasteiger partial charge in [-0.1, -0.05) is 30.3 Å². The van der Waals surface area contributed by atoms with Gasteiger partial charge in [-0.15, -0.1) is 0 Å². The van der Waals surface area contributed by atoms with Crippen molar-refractivity contribution in [1.29, 1.82) is 0 Å². The molecule has 0 bridgehead atoms. The van der Waals surface area contributed by atoms with Gasteiger partial charge in [0.2, 0.25) is 15.9 Å². The van der Waals surface area contributed by atoms with Crippen LogP contribution in [0.1, 0.15) is 48.7 Å². The molecular formula is C25H33N3O5S. The Morgan fingerprint density at radius 3 is 2.44 bits per heavy atom. The third-order valence-electron chi connectivity index (χ3n) is 6.85. The zero-order chi connectivity index (χ0) is 24.3. The highest BCUT2D eigenvalue weighted by atomic mass is 32.2. The van der Waals surface area contributed by atoms with E-state index in [1.807, 2.05) is 23.1 Å². The van der Waals surface area contributed by atoms with E-state index >= 15 is 0 Å². The number of rotatable bonds is 7. The second kappa shape index (κ2) is 10.3. The van der Waals surface area contributed by atoms with E-state index in [0.717, 1.165) is 19.3 Å². The maximum Gasteiger partial charge on any atom is 0.354 e. The summed E-state index contributed by atoms with van der Waals surface area (Å²) in [4.78, 5) is 27.3. The van der Waals surface area contributed by atoms with Crippen molar-refractivity contribution in [2.45, 2.75) is 50.0 Å². The molecule has 3 heterocycles. The molecule has 2 aromatic rings. The largest absolute Gasteiger partial charge is 0.461 e. The van der Waals surface area contributed by atoms with E-state index in [-0.39, 0.29) is 23.1 Å². The van der Waals surface area contributed by atoms with E-state index in [4.69, 9.17) is 4.74 Å². The van der Waals surface area contributed by atoms with Crippen LogP contribution in [0, 0.1) is 5.92 Å². The smallest absolute Gasteiger partial charge is 0.354 e. The number of nitrogens with zero attached hydrogens (tertiary/aromatic N) is 3. The van der Waals surface area contributed by atoms with Crippen LogP contribution in [-0.2, 0) is 33.0 Å². The van der Waals surface area contributed by atoms with E-state index < -0.39 is 22.0 Å². The fourth-order valence-corrected chi connectivity index (χ4v) is 6.73. The molecule has 4 rings (SSSR count). The number of hydrogen-bond donors (Lipinski definition) is 0. The molecule has 1 amide bonds. The predicted molar refractivity (Wildman–Crippen MR) is 128 cm³/mol. The molecule has 0 aliphatic carbocycles. The summed E-state index contributed by atoms with van der Waals surface area (Å²) in [5.41, 5.74) is 1.48. The third kappa shape index (κ3) is 5.05. The van der Waals surface area contributed by atoms with Crippen LogP contribution in [0.15, 0.2) is 47.5 Å².